The van der Waals surface area contributed by atoms with Crippen molar-refractivity contribution in [1.82, 2.24) is 15.0 Å². The molecule has 5 nitrogen and oxygen atoms in total. The van der Waals surface area contributed by atoms with Gasteiger partial charge in [-0.15, -0.1) is 0 Å². The average molecular weight is 294 g/mol. The molecule has 0 saturated carbocycles. The summed E-state index contributed by atoms with van der Waals surface area (Å²) in [5.74, 6) is 0.342. The van der Waals surface area contributed by atoms with Gasteiger partial charge in [-0.3, -0.25) is 0 Å². The molecule has 1 aliphatic rings. The molecular weight excluding hydrogens is 281 g/mol. The van der Waals surface area contributed by atoms with Crippen molar-refractivity contribution >= 4 is 23.5 Å². The average Bonchev–Trinajstić information content (AvgIpc) is 2.91. The fourth-order valence-electron chi connectivity index (χ4n) is 2.23. The number of nitrogens with two attached hydrogens (primary N) is 1. The summed E-state index contributed by atoms with van der Waals surface area (Å²) in [5, 5.41) is 0.327. The van der Waals surface area contributed by atoms with Gasteiger partial charge in [0, 0.05) is 18.1 Å². The highest BCUT2D eigenvalue weighted by Gasteiger charge is 2.18. The second-order valence-corrected chi connectivity index (χ2v) is 5.07. The van der Waals surface area contributed by atoms with E-state index < -0.39 is 5.82 Å². The maximum atomic E-state index is 13.9. The summed E-state index contributed by atoms with van der Waals surface area (Å²) in [7, 11) is 0. The van der Waals surface area contributed by atoms with E-state index in [1.54, 1.807) is 12.1 Å². The normalized spacial score (nSPS) is 14.8. The quantitative estimate of drug-likeness (QED) is 0.921. The van der Waals surface area contributed by atoms with Crippen molar-refractivity contribution in [1.29, 1.82) is 0 Å². The molecule has 7 heteroatoms. The maximum Gasteiger partial charge on any atom is 0.230 e. The topological polar surface area (TPSA) is 67.9 Å². The summed E-state index contributed by atoms with van der Waals surface area (Å²) in [6.07, 6.45) is 2.19. The Kier molecular flexibility index (Phi) is 3.40. The van der Waals surface area contributed by atoms with E-state index in [2.05, 4.69) is 15.0 Å². The Balaban J connectivity index is 2.04. The van der Waals surface area contributed by atoms with Crippen LogP contribution in [0.2, 0.25) is 5.02 Å². The smallest absolute Gasteiger partial charge is 0.230 e. The Morgan fingerprint density at radius 2 is 1.90 bits per heavy atom. The largest absolute Gasteiger partial charge is 0.368 e. The Hall–Kier alpha value is -1.95. The number of benzene rings is 1. The first kappa shape index (κ1) is 13.1. The molecule has 0 amide bonds. The Labute approximate surface area is 120 Å². The van der Waals surface area contributed by atoms with Crippen molar-refractivity contribution in [2.45, 2.75) is 12.8 Å². The third-order valence-electron chi connectivity index (χ3n) is 3.20. The highest BCUT2D eigenvalue weighted by molar-refractivity contribution is 6.30. The monoisotopic (exact) mass is 293 g/mol. The highest BCUT2D eigenvalue weighted by atomic mass is 35.5. The number of nitrogen functional groups attached to an aromatic ring is 1. The molecule has 0 atom stereocenters. The lowest BCUT2D eigenvalue weighted by Gasteiger charge is -2.15. The number of nitrogens with zero attached hydrogens (tertiary/aromatic N) is 4. The molecule has 0 bridgehead atoms. The minimum absolute atomic E-state index is 0.0891. The summed E-state index contributed by atoms with van der Waals surface area (Å²) in [6.45, 7) is 1.76. The van der Waals surface area contributed by atoms with Crippen LogP contribution in [0.3, 0.4) is 0 Å². The molecule has 1 aromatic carbocycles. The highest BCUT2D eigenvalue weighted by Crippen LogP contribution is 2.25. The Morgan fingerprint density at radius 1 is 1.15 bits per heavy atom. The van der Waals surface area contributed by atoms with E-state index >= 15 is 0 Å². The van der Waals surface area contributed by atoms with Gasteiger partial charge in [0.25, 0.3) is 0 Å². The summed E-state index contributed by atoms with van der Waals surface area (Å²) in [4.78, 5) is 14.5. The zero-order valence-corrected chi connectivity index (χ0v) is 11.4. The van der Waals surface area contributed by atoms with Crippen molar-refractivity contribution in [3.8, 4) is 11.4 Å². The summed E-state index contributed by atoms with van der Waals surface area (Å²) < 4.78 is 13.9. The summed E-state index contributed by atoms with van der Waals surface area (Å²) >= 11 is 5.74. The van der Waals surface area contributed by atoms with Crippen LogP contribution in [0.5, 0.6) is 0 Å². The van der Waals surface area contributed by atoms with Gasteiger partial charge in [0.1, 0.15) is 5.82 Å². The van der Waals surface area contributed by atoms with Gasteiger partial charge in [0.2, 0.25) is 11.9 Å². The predicted molar refractivity (Wildman–Crippen MR) is 76.1 cm³/mol. The van der Waals surface area contributed by atoms with Crippen molar-refractivity contribution in [3.05, 3.63) is 29.0 Å². The van der Waals surface area contributed by atoms with Crippen LogP contribution in [0, 0.1) is 5.82 Å². The molecule has 2 heterocycles. The fourth-order valence-corrected chi connectivity index (χ4v) is 2.39. The molecule has 1 saturated heterocycles. The molecule has 2 aromatic rings. The lowest BCUT2D eigenvalue weighted by molar-refractivity contribution is 0.630. The zero-order valence-electron chi connectivity index (χ0n) is 10.7. The number of halogens is 2. The number of aromatic nitrogens is 3. The summed E-state index contributed by atoms with van der Waals surface area (Å²) in [5.41, 5.74) is 5.97. The number of hydrogen-bond donors (Lipinski definition) is 1. The molecule has 2 N–H and O–H groups in total. The molecule has 1 aromatic heterocycles. The van der Waals surface area contributed by atoms with Crippen molar-refractivity contribution in [3.63, 3.8) is 0 Å². The van der Waals surface area contributed by atoms with Crippen LogP contribution in [0.25, 0.3) is 11.4 Å². The van der Waals surface area contributed by atoms with Gasteiger partial charge in [-0.05, 0) is 31.0 Å². The molecule has 3 rings (SSSR count). The maximum absolute atomic E-state index is 13.9. The number of anilines is 2. The predicted octanol–water partition coefficient (Wildman–Crippen LogP) is 2.51. The van der Waals surface area contributed by atoms with Crippen LogP contribution >= 0.6 is 11.6 Å². The lowest BCUT2D eigenvalue weighted by atomic mass is 10.2. The Morgan fingerprint density at radius 3 is 2.60 bits per heavy atom. The molecule has 0 unspecified atom stereocenters. The van der Waals surface area contributed by atoms with E-state index in [0.29, 0.717) is 11.0 Å². The minimum Gasteiger partial charge on any atom is -0.368 e. The van der Waals surface area contributed by atoms with Gasteiger partial charge in [0.15, 0.2) is 5.82 Å². The molecule has 0 spiro atoms. The first-order chi connectivity index (χ1) is 9.63. The third-order valence-corrected chi connectivity index (χ3v) is 3.44. The van der Waals surface area contributed by atoms with Crippen LogP contribution in [0.15, 0.2) is 18.2 Å². The molecule has 0 aliphatic carbocycles. The van der Waals surface area contributed by atoms with Crippen LogP contribution in [-0.4, -0.2) is 28.0 Å². The molecule has 0 radical (unpaired) electrons. The van der Waals surface area contributed by atoms with Crippen LogP contribution in [-0.2, 0) is 0 Å². The van der Waals surface area contributed by atoms with Crippen LogP contribution < -0.4 is 10.6 Å². The molecule has 1 aliphatic heterocycles. The van der Waals surface area contributed by atoms with Crippen molar-refractivity contribution < 1.29 is 4.39 Å². The van der Waals surface area contributed by atoms with Crippen molar-refractivity contribution in [2.75, 3.05) is 23.7 Å². The van der Waals surface area contributed by atoms with Gasteiger partial charge < -0.3 is 10.6 Å². The van der Waals surface area contributed by atoms with Gasteiger partial charge in [-0.2, -0.15) is 15.0 Å². The molecule has 1 fully saturated rings. The van der Waals surface area contributed by atoms with Gasteiger partial charge in [-0.1, -0.05) is 11.6 Å². The number of rotatable bonds is 2. The van der Waals surface area contributed by atoms with Crippen LogP contribution in [0.4, 0.5) is 16.3 Å². The van der Waals surface area contributed by atoms with E-state index in [-0.39, 0.29) is 17.3 Å². The standard InChI is InChI=1S/C13H13ClFN5/c14-8-3-4-9(10(15)7-8)11-17-12(16)19-13(18-11)20-5-1-2-6-20/h3-4,7H,1-2,5-6H2,(H2,16,17,18,19). The van der Waals surface area contributed by atoms with E-state index in [9.17, 15) is 4.39 Å². The third kappa shape index (κ3) is 2.51. The SMILES string of the molecule is Nc1nc(-c2ccc(Cl)cc2F)nc(N2CCCC2)n1. The second kappa shape index (κ2) is 5.20. The zero-order chi connectivity index (χ0) is 14.1. The first-order valence-corrected chi connectivity index (χ1v) is 6.73. The minimum atomic E-state index is -0.476. The molecule has 104 valence electrons. The van der Waals surface area contributed by atoms with E-state index in [1.165, 1.54) is 6.07 Å². The molecule has 20 heavy (non-hydrogen) atoms. The van der Waals surface area contributed by atoms with Crippen molar-refractivity contribution in [2.24, 2.45) is 0 Å². The van der Waals surface area contributed by atoms with E-state index in [4.69, 9.17) is 17.3 Å². The van der Waals surface area contributed by atoms with E-state index in [1.807, 2.05) is 4.90 Å². The first-order valence-electron chi connectivity index (χ1n) is 6.35. The Bertz CT molecular complexity index is 643. The van der Waals surface area contributed by atoms with Crippen LogP contribution in [0.1, 0.15) is 12.8 Å². The van der Waals surface area contributed by atoms with Gasteiger partial charge in [0.05, 0.1) is 5.56 Å². The van der Waals surface area contributed by atoms with Gasteiger partial charge in [-0.25, -0.2) is 4.39 Å². The fraction of sp³-hybridized carbons (Fsp3) is 0.308. The molecular formula is C13H13ClFN5. The van der Waals surface area contributed by atoms with Gasteiger partial charge >= 0.3 is 0 Å². The number of hydrogen-bond acceptors (Lipinski definition) is 5. The lowest BCUT2D eigenvalue weighted by Crippen LogP contribution is -2.21. The summed E-state index contributed by atoms with van der Waals surface area (Å²) in [6, 6.07) is 4.36. The van der Waals surface area contributed by atoms with E-state index in [0.717, 1.165) is 25.9 Å². The second-order valence-electron chi connectivity index (χ2n) is 4.64.